The van der Waals surface area contributed by atoms with Crippen LogP contribution in [0.4, 0.5) is 11.4 Å². The van der Waals surface area contributed by atoms with Crippen molar-refractivity contribution in [1.29, 1.82) is 0 Å². The molecule has 144 valence electrons. The Morgan fingerprint density at radius 3 is 2.67 bits per heavy atom. The number of para-hydroxylation sites is 2. The van der Waals surface area contributed by atoms with Gasteiger partial charge in [0.05, 0.1) is 38.3 Å². The molecule has 2 aromatic rings. The van der Waals surface area contributed by atoms with Crippen molar-refractivity contribution in [3.8, 4) is 5.75 Å². The van der Waals surface area contributed by atoms with Gasteiger partial charge < -0.3 is 30.6 Å². The molecule has 1 atom stereocenters. The average Bonchev–Trinajstić information content (AvgIpc) is 2.64. The van der Waals surface area contributed by atoms with Crippen LogP contribution in [0.15, 0.2) is 48.5 Å². The van der Waals surface area contributed by atoms with Crippen LogP contribution in [0.2, 0.25) is 0 Å². The first-order chi connectivity index (χ1) is 13.0. The molecule has 2 rings (SSSR count). The summed E-state index contributed by atoms with van der Waals surface area (Å²) in [7, 11) is 1.59. The van der Waals surface area contributed by atoms with E-state index in [4.69, 9.17) is 4.74 Å². The molecule has 0 saturated heterocycles. The fraction of sp³-hybridized carbons (Fsp3) is 0.300. The van der Waals surface area contributed by atoms with Gasteiger partial charge in [-0.05, 0) is 36.8 Å². The highest BCUT2D eigenvalue weighted by atomic mass is 16.5. The number of nitrogens with two attached hydrogens (primary N) is 1. The van der Waals surface area contributed by atoms with Gasteiger partial charge in [0.1, 0.15) is 11.8 Å². The van der Waals surface area contributed by atoms with Crippen LogP contribution in [0.1, 0.15) is 12.0 Å². The Balaban J connectivity index is 1.81. The maximum Gasteiger partial charge on any atom is 0.230 e. The number of methoxy groups -OCH3 is 1. The van der Waals surface area contributed by atoms with Crippen LogP contribution < -0.4 is 25.8 Å². The van der Waals surface area contributed by atoms with E-state index in [0.717, 1.165) is 11.3 Å². The van der Waals surface area contributed by atoms with Gasteiger partial charge in [-0.3, -0.25) is 4.79 Å². The first-order valence-electron chi connectivity index (χ1n) is 8.77. The molecule has 1 amide bonds. The number of benzene rings is 2. The minimum atomic E-state index is -1.26. The van der Waals surface area contributed by atoms with Crippen LogP contribution in [-0.2, 0) is 9.59 Å². The summed E-state index contributed by atoms with van der Waals surface area (Å²) >= 11 is 0. The molecule has 0 saturated carbocycles. The molecule has 0 bridgehead atoms. The summed E-state index contributed by atoms with van der Waals surface area (Å²) in [6.07, 6.45) is -0.162. The number of rotatable bonds is 10. The van der Waals surface area contributed by atoms with E-state index in [-0.39, 0.29) is 12.3 Å². The lowest BCUT2D eigenvalue weighted by molar-refractivity contribution is -0.680. The molecule has 0 aliphatic heterocycles. The van der Waals surface area contributed by atoms with Gasteiger partial charge in [0.15, 0.2) is 0 Å². The number of aliphatic carboxylic acids is 1. The third-order valence-electron chi connectivity index (χ3n) is 4.03. The molecule has 0 radical (unpaired) electrons. The number of ether oxygens (including phenoxy) is 1. The number of quaternary nitrogens is 1. The Morgan fingerprint density at radius 1 is 1.19 bits per heavy atom. The molecule has 7 nitrogen and oxygen atoms in total. The molecule has 2 aromatic carbocycles. The molecular weight excluding hydrogens is 346 g/mol. The molecule has 0 aromatic heterocycles. The first-order valence-corrected chi connectivity index (χ1v) is 8.77. The van der Waals surface area contributed by atoms with Crippen molar-refractivity contribution in [3.05, 3.63) is 54.1 Å². The molecule has 0 aliphatic carbocycles. The van der Waals surface area contributed by atoms with Crippen molar-refractivity contribution >= 4 is 23.3 Å². The molecule has 0 unspecified atom stereocenters. The maximum absolute atomic E-state index is 12.1. The Kier molecular flexibility index (Phi) is 7.63. The standard InChI is InChI=1S/C20H25N3O4/c1-14-6-5-7-15(12-14)23-19(24)13-17(20(25)26)22-11-10-21-16-8-3-4-9-18(16)27-2/h3-9,12,17,21-22H,10-11,13H2,1-2H3,(H,23,24)(H,25,26)/t17-/m1/s1. The summed E-state index contributed by atoms with van der Waals surface area (Å²) in [5.41, 5.74) is 2.49. The zero-order chi connectivity index (χ0) is 19.6. The fourth-order valence-corrected chi connectivity index (χ4v) is 2.68. The van der Waals surface area contributed by atoms with Gasteiger partial charge in [0.25, 0.3) is 0 Å². The number of hydrogen-bond donors (Lipinski definition) is 3. The highest BCUT2D eigenvalue weighted by molar-refractivity contribution is 5.93. The smallest absolute Gasteiger partial charge is 0.230 e. The number of carbonyl (C=O) groups is 2. The molecule has 0 aliphatic rings. The Morgan fingerprint density at radius 2 is 1.96 bits per heavy atom. The quantitative estimate of drug-likeness (QED) is 0.515. The third-order valence-corrected chi connectivity index (χ3v) is 4.03. The molecule has 0 heterocycles. The molecule has 27 heavy (non-hydrogen) atoms. The van der Waals surface area contributed by atoms with Gasteiger partial charge in [0.2, 0.25) is 5.91 Å². The lowest BCUT2D eigenvalue weighted by Crippen LogP contribution is -2.94. The van der Waals surface area contributed by atoms with Crippen LogP contribution in [0.25, 0.3) is 0 Å². The van der Waals surface area contributed by atoms with Gasteiger partial charge >= 0.3 is 0 Å². The number of carbonyl (C=O) groups excluding carboxylic acids is 2. The third kappa shape index (κ3) is 6.63. The lowest BCUT2D eigenvalue weighted by atomic mass is 10.1. The minimum absolute atomic E-state index is 0.162. The van der Waals surface area contributed by atoms with Crippen molar-refractivity contribution in [1.82, 2.24) is 0 Å². The predicted molar refractivity (Wildman–Crippen MR) is 101 cm³/mol. The topological polar surface area (TPSA) is 107 Å². The Hall–Kier alpha value is -3.06. The highest BCUT2D eigenvalue weighted by Gasteiger charge is 2.18. The molecule has 0 fully saturated rings. The van der Waals surface area contributed by atoms with Crippen molar-refractivity contribution in [2.75, 3.05) is 30.8 Å². The van der Waals surface area contributed by atoms with Gasteiger partial charge in [-0.15, -0.1) is 0 Å². The Labute approximate surface area is 158 Å². The first kappa shape index (κ1) is 20.3. The summed E-state index contributed by atoms with van der Waals surface area (Å²) in [5, 5.41) is 18.8. The van der Waals surface area contributed by atoms with Crippen LogP contribution >= 0.6 is 0 Å². The monoisotopic (exact) mass is 371 g/mol. The second-order valence-electron chi connectivity index (χ2n) is 6.20. The van der Waals surface area contributed by atoms with Crippen LogP contribution in [-0.4, -0.2) is 38.1 Å². The molecule has 4 N–H and O–H groups in total. The number of amides is 1. The highest BCUT2D eigenvalue weighted by Crippen LogP contribution is 2.22. The number of carboxylic acid groups (broad SMARTS) is 1. The van der Waals surface area contributed by atoms with Crippen LogP contribution in [0.3, 0.4) is 0 Å². The summed E-state index contributed by atoms with van der Waals surface area (Å²) in [6, 6.07) is 13.9. The number of anilines is 2. The SMILES string of the molecule is COc1ccccc1NCC[NH2+][C@H](CC(=O)Nc1cccc(C)c1)C(=O)[O-]. The van der Waals surface area contributed by atoms with E-state index in [9.17, 15) is 14.7 Å². The van der Waals surface area contributed by atoms with Gasteiger partial charge in [-0.25, -0.2) is 0 Å². The predicted octanol–water partition coefficient (Wildman–Crippen LogP) is 0.126. The van der Waals surface area contributed by atoms with Crippen molar-refractivity contribution in [2.24, 2.45) is 0 Å². The zero-order valence-corrected chi connectivity index (χ0v) is 15.5. The number of aryl methyl sites for hydroxylation is 1. The maximum atomic E-state index is 12.1. The van der Waals surface area contributed by atoms with E-state index in [2.05, 4.69) is 10.6 Å². The van der Waals surface area contributed by atoms with Gasteiger partial charge in [0, 0.05) is 5.69 Å². The van der Waals surface area contributed by atoms with Crippen molar-refractivity contribution < 1.29 is 24.7 Å². The lowest BCUT2D eigenvalue weighted by Gasteiger charge is -2.17. The summed E-state index contributed by atoms with van der Waals surface area (Å²) in [4.78, 5) is 23.5. The zero-order valence-electron chi connectivity index (χ0n) is 15.5. The Bertz CT molecular complexity index is 779. The van der Waals surface area contributed by atoms with E-state index in [1.807, 2.05) is 49.4 Å². The largest absolute Gasteiger partial charge is 0.544 e. The van der Waals surface area contributed by atoms with Crippen molar-refractivity contribution in [3.63, 3.8) is 0 Å². The molecule has 7 heteroatoms. The number of hydrogen-bond acceptors (Lipinski definition) is 5. The van der Waals surface area contributed by atoms with E-state index in [1.165, 1.54) is 0 Å². The van der Waals surface area contributed by atoms with E-state index >= 15 is 0 Å². The minimum Gasteiger partial charge on any atom is -0.544 e. The van der Waals surface area contributed by atoms with E-state index in [1.54, 1.807) is 18.5 Å². The van der Waals surface area contributed by atoms with Crippen molar-refractivity contribution in [2.45, 2.75) is 19.4 Å². The number of nitrogens with one attached hydrogen (secondary N) is 2. The summed E-state index contributed by atoms with van der Waals surface area (Å²) in [6.45, 7) is 2.90. The molecule has 0 spiro atoms. The van der Waals surface area contributed by atoms with Gasteiger partial charge in [-0.1, -0.05) is 24.3 Å². The van der Waals surface area contributed by atoms with Crippen LogP contribution in [0, 0.1) is 6.92 Å². The molecular formula is C20H25N3O4. The van der Waals surface area contributed by atoms with Crippen LogP contribution in [0.5, 0.6) is 5.75 Å². The normalized spacial score (nSPS) is 11.5. The van der Waals surface area contributed by atoms with E-state index in [0.29, 0.717) is 24.5 Å². The number of carboxylic acids is 1. The summed E-state index contributed by atoms with van der Waals surface area (Å²) < 4.78 is 5.25. The fourth-order valence-electron chi connectivity index (χ4n) is 2.68. The summed E-state index contributed by atoms with van der Waals surface area (Å²) in [5.74, 6) is -0.901. The second kappa shape index (κ2) is 10.2. The average molecular weight is 371 g/mol. The van der Waals surface area contributed by atoms with E-state index < -0.39 is 12.0 Å². The van der Waals surface area contributed by atoms with Gasteiger partial charge in [-0.2, -0.15) is 0 Å². The second-order valence-corrected chi connectivity index (χ2v) is 6.20.